The molecule has 9 nitrogen and oxygen atoms in total. The molecule has 4 unspecified atom stereocenters. The first-order valence-corrected chi connectivity index (χ1v) is 26.9. The molecule has 3 N–H and O–H groups in total. The maximum absolute atomic E-state index is 13.0. The third-order valence-corrected chi connectivity index (χ3v) is 12.0. The van der Waals surface area contributed by atoms with E-state index in [1.807, 2.05) is 27.2 Å². The number of phosphoric acid groups is 1. The van der Waals surface area contributed by atoms with Crippen LogP contribution < -0.4 is 10.2 Å². The van der Waals surface area contributed by atoms with Crippen LogP contribution in [0.3, 0.4) is 0 Å². The van der Waals surface area contributed by atoms with Gasteiger partial charge in [-0.25, -0.2) is 0 Å². The molecule has 0 aromatic rings. The van der Waals surface area contributed by atoms with E-state index in [-0.39, 0.29) is 6.61 Å². The Morgan fingerprint density at radius 1 is 0.571 bits per heavy atom. The van der Waals surface area contributed by atoms with Crippen molar-refractivity contribution >= 4 is 13.7 Å². The molecule has 0 aromatic heterocycles. The van der Waals surface area contributed by atoms with Crippen LogP contribution in [-0.2, 0) is 18.4 Å². The van der Waals surface area contributed by atoms with E-state index < -0.39 is 38.6 Å². The third-order valence-electron chi connectivity index (χ3n) is 11.0. The van der Waals surface area contributed by atoms with Gasteiger partial charge in [0.15, 0.2) is 0 Å². The zero-order valence-corrected chi connectivity index (χ0v) is 42.0. The summed E-state index contributed by atoms with van der Waals surface area (Å²) in [5.41, 5.74) is 0. The lowest BCUT2D eigenvalue weighted by molar-refractivity contribution is -0.870. The van der Waals surface area contributed by atoms with Gasteiger partial charge in [-0.3, -0.25) is 9.36 Å². The van der Waals surface area contributed by atoms with Gasteiger partial charge in [0.2, 0.25) is 5.91 Å². The van der Waals surface area contributed by atoms with Crippen molar-refractivity contribution in [2.75, 3.05) is 40.9 Å². The van der Waals surface area contributed by atoms with Gasteiger partial charge in [0.25, 0.3) is 7.82 Å². The average Bonchev–Trinajstić information content (AvgIpc) is 3.24. The number of hydrogen-bond acceptors (Lipinski definition) is 7. The lowest BCUT2D eigenvalue weighted by Gasteiger charge is -2.29. The number of rotatable bonds is 45. The minimum atomic E-state index is -4.67. The number of likely N-dealkylation sites (N-methyl/N-ethyl adjacent to an activating group) is 1. The van der Waals surface area contributed by atoms with Crippen LogP contribution in [0.2, 0.25) is 0 Å². The molecule has 0 fully saturated rings. The van der Waals surface area contributed by atoms with Crippen molar-refractivity contribution in [2.45, 2.75) is 218 Å². The predicted molar refractivity (Wildman–Crippen MR) is 266 cm³/mol. The highest BCUT2D eigenvalue weighted by Gasteiger charge is 2.25. The van der Waals surface area contributed by atoms with Gasteiger partial charge in [-0.2, -0.15) is 0 Å². The number of carbonyl (C=O) groups excluding carboxylic acids is 1. The van der Waals surface area contributed by atoms with E-state index in [9.17, 15) is 24.5 Å². The molecular formula is C53H97N2O7P. The largest absolute Gasteiger partial charge is 0.756 e. The van der Waals surface area contributed by atoms with E-state index in [4.69, 9.17) is 9.05 Å². The molecular weight excluding hydrogens is 808 g/mol. The number of nitrogens with zero attached hydrogens (tertiary/aromatic N) is 1. The van der Waals surface area contributed by atoms with Crippen LogP contribution in [0.25, 0.3) is 0 Å². The van der Waals surface area contributed by atoms with Gasteiger partial charge in [-0.05, 0) is 70.6 Å². The summed E-state index contributed by atoms with van der Waals surface area (Å²) < 4.78 is 23.1. The van der Waals surface area contributed by atoms with Crippen LogP contribution in [0.1, 0.15) is 200 Å². The molecule has 366 valence electrons. The molecule has 10 heteroatoms. The van der Waals surface area contributed by atoms with E-state index in [1.54, 1.807) is 6.08 Å². The topological polar surface area (TPSA) is 128 Å². The molecule has 0 bridgehead atoms. The Morgan fingerprint density at radius 3 is 1.41 bits per heavy atom. The second-order valence-electron chi connectivity index (χ2n) is 18.3. The molecule has 0 radical (unpaired) electrons. The van der Waals surface area contributed by atoms with Gasteiger partial charge in [0.1, 0.15) is 19.3 Å². The summed E-state index contributed by atoms with van der Waals surface area (Å²) in [7, 11) is 1.10. The first-order chi connectivity index (χ1) is 30.4. The highest BCUT2D eigenvalue weighted by Crippen LogP contribution is 2.38. The number of aliphatic hydroxyl groups excluding tert-OH is 2. The van der Waals surface area contributed by atoms with Gasteiger partial charge in [-0.15, -0.1) is 0 Å². The van der Waals surface area contributed by atoms with Crippen LogP contribution in [0.4, 0.5) is 0 Å². The Bertz CT molecular complexity index is 1270. The van der Waals surface area contributed by atoms with Crippen molar-refractivity contribution < 1.29 is 38.0 Å². The fourth-order valence-corrected chi connectivity index (χ4v) is 7.61. The predicted octanol–water partition coefficient (Wildman–Crippen LogP) is 13.1. The minimum absolute atomic E-state index is 0.0490. The van der Waals surface area contributed by atoms with Crippen LogP contribution in [0, 0.1) is 0 Å². The third kappa shape index (κ3) is 44.9. The molecule has 0 aliphatic heterocycles. The lowest BCUT2D eigenvalue weighted by atomic mass is 10.0. The Hall–Kier alpha value is -2.10. The summed E-state index contributed by atoms with van der Waals surface area (Å²) in [6.07, 6.45) is 55.8. The van der Waals surface area contributed by atoms with E-state index in [1.165, 1.54) is 103 Å². The Labute approximate surface area is 387 Å². The van der Waals surface area contributed by atoms with Crippen molar-refractivity contribution in [2.24, 2.45) is 0 Å². The monoisotopic (exact) mass is 905 g/mol. The number of hydrogen-bond donors (Lipinski definition) is 3. The van der Waals surface area contributed by atoms with Crippen LogP contribution in [0.5, 0.6) is 0 Å². The second kappa shape index (κ2) is 43.8. The molecule has 0 aliphatic rings. The van der Waals surface area contributed by atoms with Crippen molar-refractivity contribution in [1.82, 2.24) is 5.32 Å². The Morgan fingerprint density at radius 2 is 0.952 bits per heavy atom. The van der Waals surface area contributed by atoms with Crippen LogP contribution >= 0.6 is 7.82 Å². The normalized spacial score (nSPS) is 15.2. The summed E-state index contributed by atoms with van der Waals surface area (Å²) in [6, 6.07) is -1.07. The first-order valence-electron chi connectivity index (χ1n) is 25.4. The average molecular weight is 905 g/mol. The number of quaternary nitrogens is 1. The smallest absolute Gasteiger partial charge is 0.268 e. The van der Waals surface area contributed by atoms with Gasteiger partial charge >= 0.3 is 0 Å². The van der Waals surface area contributed by atoms with Gasteiger partial charge in [0.05, 0.1) is 39.9 Å². The highest BCUT2D eigenvalue weighted by atomic mass is 31.2. The van der Waals surface area contributed by atoms with Gasteiger partial charge in [-0.1, -0.05) is 202 Å². The molecule has 1 amide bonds. The van der Waals surface area contributed by atoms with Gasteiger partial charge < -0.3 is 34.0 Å². The fourth-order valence-electron chi connectivity index (χ4n) is 6.88. The Kier molecular flexibility index (Phi) is 42.3. The lowest BCUT2D eigenvalue weighted by Crippen LogP contribution is -2.49. The van der Waals surface area contributed by atoms with Gasteiger partial charge in [0, 0.05) is 0 Å². The maximum atomic E-state index is 13.0. The number of aliphatic hydroxyl groups is 2. The zero-order chi connectivity index (χ0) is 46.5. The molecule has 0 spiro atoms. The quantitative estimate of drug-likeness (QED) is 0.0240. The molecule has 0 saturated carbocycles. The molecule has 0 heterocycles. The minimum Gasteiger partial charge on any atom is -0.756 e. The summed E-state index contributed by atoms with van der Waals surface area (Å²) in [4.78, 5) is 25.5. The molecule has 63 heavy (non-hydrogen) atoms. The standard InChI is InChI=1S/C53H97N2O7P/c1-6-8-10-12-14-16-18-20-21-22-23-24-25-26-27-28-29-30-31-32-34-36-38-40-42-44-46-52(57)53(58)54-50(49-62-63(59,60)61-48-47-55(3,4)5)51(56)45-43-41-39-37-35-33-19-17-15-13-11-9-7-2/h14,16,20-21,23-24,26-27,29-30,43,45,50-52,56-57H,6-13,15,17-19,22,25,28,31-42,44,46-49H2,1-5H3,(H-,54,58,59,60)/b16-14-,21-20-,24-23-,27-26-,30-29-,45-43+. The second-order valence-corrected chi connectivity index (χ2v) is 19.7. The highest BCUT2D eigenvalue weighted by molar-refractivity contribution is 7.45. The number of unbranched alkanes of at least 4 members (excludes halogenated alkanes) is 21. The van der Waals surface area contributed by atoms with Crippen LogP contribution in [-0.4, -0.2) is 79.8 Å². The molecule has 0 rings (SSSR count). The van der Waals surface area contributed by atoms with E-state index in [0.29, 0.717) is 23.9 Å². The van der Waals surface area contributed by atoms with Crippen molar-refractivity contribution in [3.8, 4) is 0 Å². The van der Waals surface area contributed by atoms with E-state index >= 15 is 0 Å². The summed E-state index contributed by atoms with van der Waals surface area (Å²) in [5.74, 6) is -0.649. The van der Waals surface area contributed by atoms with E-state index in [0.717, 1.165) is 70.6 Å². The molecule has 0 aromatic carbocycles. The summed E-state index contributed by atoms with van der Waals surface area (Å²) in [5, 5.41) is 24.2. The number of carbonyl (C=O) groups is 1. The summed E-state index contributed by atoms with van der Waals surface area (Å²) in [6.45, 7) is 4.39. The number of nitrogens with one attached hydrogen (secondary N) is 1. The fraction of sp³-hybridized carbons (Fsp3) is 0.755. The number of phosphoric ester groups is 1. The Balaban J connectivity index is 4.39. The van der Waals surface area contributed by atoms with Crippen LogP contribution in [0.15, 0.2) is 72.9 Å². The van der Waals surface area contributed by atoms with Crippen molar-refractivity contribution in [3.63, 3.8) is 0 Å². The van der Waals surface area contributed by atoms with E-state index in [2.05, 4.69) is 79.9 Å². The summed E-state index contributed by atoms with van der Waals surface area (Å²) >= 11 is 0. The first kappa shape index (κ1) is 60.9. The van der Waals surface area contributed by atoms with Crippen molar-refractivity contribution in [1.29, 1.82) is 0 Å². The SMILES string of the molecule is CCCCC/C=C\C/C=C\C/C=C\C/C=C\C/C=C\CCCCCCCCCC(O)C(=O)NC(COP(=O)([O-])OCC[N+](C)(C)C)C(O)/C=C/CCCCCCCCCCCCC. The number of allylic oxidation sites excluding steroid dienone is 11. The zero-order valence-electron chi connectivity index (χ0n) is 41.1. The van der Waals surface area contributed by atoms with Crippen molar-refractivity contribution in [3.05, 3.63) is 72.9 Å². The molecule has 4 atom stereocenters. The maximum Gasteiger partial charge on any atom is 0.268 e. The molecule has 0 saturated heterocycles. The molecule has 0 aliphatic carbocycles. The number of amides is 1.